The second kappa shape index (κ2) is 6.42. The van der Waals surface area contributed by atoms with Gasteiger partial charge in [0.1, 0.15) is 11.9 Å². The molecular weight excluding hydrogens is 260 g/mol. The summed E-state index contributed by atoms with van der Waals surface area (Å²) < 4.78 is 0. The Morgan fingerprint density at radius 3 is 2.75 bits per heavy atom. The third-order valence-electron chi connectivity index (χ3n) is 3.39. The topological polar surface area (TPSA) is 95.4 Å². The number of piperidine rings is 1. The maximum absolute atomic E-state index is 11.1. The monoisotopic (exact) mass is 278 g/mol. The summed E-state index contributed by atoms with van der Waals surface area (Å²) in [6, 6.07) is 0.216. The molecule has 2 heterocycles. The molecule has 1 saturated heterocycles. The van der Waals surface area contributed by atoms with Gasteiger partial charge in [0.15, 0.2) is 0 Å². The Morgan fingerprint density at radius 1 is 1.45 bits per heavy atom. The molecule has 0 saturated carbocycles. The zero-order valence-corrected chi connectivity index (χ0v) is 11.4. The maximum Gasteiger partial charge on any atom is 0.339 e. The van der Waals surface area contributed by atoms with E-state index < -0.39 is 5.97 Å². The number of carbonyl (C=O) groups excluding carboxylic acids is 1. The quantitative estimate of drug-likeness (QED) is 0.821. The fourth-order valence-corrected chi connectivity index (χ4v) is 2.39. The summed E-state index contributed by atoms with van der Waals surface area (Å²) in [6.45, 7) is 3.64. The van der Waals surface area contributed by atoms with Crippen LogP contribution in [0.1, 0.15) is 35.8 Å². The number of rotatable bonds is 4. The van der Waals surface area contributed by atoms with E-state index in [0.717, 1.165) is 25.9 Å². The number of carboxylic acid groups (broad SMARTS) is 1. The Bertz CT molecular complexity index is 498. The van der Waals surface area contributed by atoms with E-state index in [2.05, 4.69) is 20.2 Å². The summed E-state index contributed by atoms with van der Waals surface area (Å²) in [7, 11) is 0. The van der Waals surface area contributed by atoms with Crippen molar-refractivity contribution in [3.8, 4) is 0 Å². The van der Waals surface area contributed by atoms with Gasteiger partial charge in [-0.1, -0.05) is 0 Å². The van der Waals surface area contributed by atoms with E-state index in [1.807, 2.05) is 0 Å². The van der Waals surface area contributed by atoms with E-state index in [1.165, 1.54) is 19.4 Å². The smallest absolute Gasteiger partial charge is 0.339 e. The number of carbonyl (C=O) groups is 2. The van der Waals surface area contributed by atoms with Crippen molar-refractivity contribution < 1.29 is 14.7 Å². The molecule has 7 heteroatoms. The Kier molecular flexibility index (Phi) is 4.62. The number of nitrogens with zero attached hydrogens (tertiary/aromatic N) is 3. The third-order valence-corrected chi connectivity index (χ3v) is 3.39. The molecular formula is C13H18N4O3. The lowest BCUT2D eigenvalue weighted by Gasteiger charge is -2.32. The average molecular weight is 278 g/mol. The van der Waals surface area contributed by atoms with Crippen molar-refractivity contribution in [1.82, 2.24) is 20.2 Å². The molecule has 1 amide bonds. The predicted octanol–water partition coefficient (Wildman–Crippen LogP) is 0.275. The van der Waals surface area contributed by atoms with Crippen LogP contribution in [0, 0.1) is 0 Å². The molecule has 1 fully saturated rings. The molecule has 0 atom stereocenters. The number of hydrogen-bond acceptors (Lipinski definition) is 5. The van der Waals surface area contributed by atoms with Crippen molar-refractivity contribution in [1.29, 1.82) is 0 Å². The molecule has 0 unspecified atom stereocenters. The fourth-order valence-electron chi connectivity index (χ4n) is 2.39. The minimum absolute atomic E-state index is 0.00702. The van der Waals surface area contributed by atoms with Gasteiger partial charge in [-0.15, -0.1) is 0 Å². The molecule has 0 spiro atoms. The number of amides is 1. The molecule has 0 radical (unpaired) electrons. The molecule has 1 aromatic rings. The molecule has 0 aliphatic carbocycles. The van der Waals surface area contributed by atoms with E-state index in [9.17, 15) is 9.59 Å². The van der Waals surface area contributed by atoms with Crippen LogP contribution < -0.4 is 5.32 Å². The highest BCUT2D eigenvalue weighted by atomic mass is 16.4. The lowest BCUT2D eigenvalue weighted by atomic mass is 10.0. The molecule has 2 N–H and O–H groups in total. The first kappa shape index (κ1) is 14.4. The summed E-state index contributed by atoms with van der Waals surface area (Å²) in [4.78, 5) is 32.0. The van der Waals surface area contributed by atoms with Gasteiger partial charge in [0.05, 0.1) is 5.69 Å². The number of carboxylic acids is 1. The Hall–Kier alpha value is -2.02. The number of hydrogen-bond donors (Lipinski definition) is 2. The first-order valence-electron chi connectivity index (χ1n) is 6.58. The standard InChI is InChI=1S/C13H18N4O3/c1-9(18)16-10-2-4-17(5-3-10)7-12-11(13(19)20)6-14-8-15-12/h6,8,10H,2-5,7H2,1H3,(H,16,18)(H,19,20). The van der Waals surface area contributed by atoms with Crippen molar-refractivity contribution in [3.63, 3.8) is 0 Å². The van der Waals surface area contributed by atoms with Gasteiger partial charge in [0, 0.05) is 38.8 Å². The normalized spacial score (nSPS) is 16.9. The van der Waals surface area contributed by atoms with Crippen LogP contribution in [0.4, 0.5) is 0 Å². The molecule has 108 valence electrons. The van der Waals surface area contributed by atoms with Crippen LogP contribution in [-0.2, 0) is 11.3 Å². The largest absolute Gasteiger partial charge is 0.478 e. The van der Waals surface area contributed by atoms with Gasteiger partial charge in [0.25, 0.3) is 0 Å². The van der Waals surface area contributed by atoms with Crippen LogP contribution >= 0.6 is 0 Å². The molecule has 2 rings (SSSR count). The first-order valence-corrected chi connectivity index (χ1v) is 6.58. The van der Waals surface area contributed by atoms with Gasteiger partial charge in [0.2, 0.25) is 5.91 Å². The highest BCUT2D eigenvalue weighted by Gasteiger charge is 2.21. The second-order valence-corrected chi connectivity index (χ2v) is 4.94. The van der Waals surface area contributed by atoms with E-state index in [1.54, 1.807) is 0 Å². The van der Waals surface area contributed by atoms with Crippen LogP contribution in [0.3, 0.4) is 0 Å². The zero-order valence-electron chi connectivity index (χ0n) is 11.4. The highest BCUT2D eigenvalue weighted by Crippen LogP contribution is 2.14. The van der Waals surface area contributed by atoms with Crippen LogP contribution in [0.25, 0.3) is 0 Å². The van der Waals surface area contributed by atoms with Gasteiger partial charge in [-0.05, 0) is 12.8 Å². The fraction of sp³-hybridized carbons (Fsp3) is 0.538. The summed E-state index contributed by atoms with van der Waals surface area (Å²) in [5, 5.41) is 12.0. The van der Waals surface area contributed by atoms with Gasteiger partial charge < -0.3 is 10.4 Å². The number of likely N-dealkylation sites (tertiary alicyclic amines) is 1. The first-order chi connectivity index (χ1) is 9.56. The van der Waals surface area contributed by atoms with Crippen molar-refractivity contribution in [3.05, 3.63) is 23.8 Å². The molecule has 7 nitrogen and oxygen atoms in total. The van der Waals surface area contributed by atoms with Crippen molar-refractivity contribution in [2.24, 2.45) is 0 Å². The number of nitrogens with one attached hydrogen (secondary N) is 1. The van der Waals surface area contributed by atoms with E-state index in [0.29, 0.717) is 12.2 Å². The molecule has 20 heavy (non-hydrogen) atoms. The lowest BCUT2D eigenvalue weighted by Crippen LogP contribution is -2.43. The van der Waals surface area contributed by atoms with Crippen molar-refractivity contribution in [2.45, 2.75) is 32.4 Å². The van der Waals surface area contributed by atoms with Crippen LogP contribution in [0.2, 0.25) is 0 Å². The summed E-state index contributed by atoms with van der Waals surface area (Å²) in [6.07, 6.45) is 4.43. The number of aromatic carboxylic acids is 1. The summed E-state index contributed by atoms with van der Waals surface area (Å²) in [5.74, 6) is -1.01. The Morgan fingerprint density at radius 2 is 2.15 bits per heavy atom. The zero-order chi connectivity index (χ0) is 14.5. The minimum Gasteiger partial charge on any atom is -0.478 e. The van der Waals surface area contributed by atoms with E-state index >= 15 is 0 Å². The Balaban J connectivity index is 1.93. The summed E-state index contributed by atoms with van der Waals surface area (Å²) in [5.41, 5.74) is 0.682. The molecule has 1 aromatic heterocycles. The third kappa shape index (κ3) is 3.74. The molecule has 1 aliphatic rings. The molecule has 0 bridgehead atoms. The maximum atomic E-state index is 11.1. The van der Waals surface area contributed by atoms with Crippen LogP contribution in [-0.4, -0.2) is 51.0 Å². The summed E-state index contributed by atoms with van der Waals surface area (Å²) >= 11 is 0. The molecule has 1 aliphatic heterocycles. The van der Waals surface area contributed by atoms with E-state index in [-0.39, 0.29) is 17.5 Å². The van der Waals surface area contributed by atoms with Gasteiger partial charge in [-0.2, -0.15) is 0 Å². The molecule has 0 aromatic carbocycles. The van der Waals surface area contributed by atoms with Crippen LogP contribution in [0.5, 0.6) is 0 Å². The van der Waals surface area contributed by atoms with Crippen molar-refractivity contribution >= 4 is 11.9 Å². The van der Waals surface area contributed by atoms with E-state index in [4.69, 9.17) is 5.11 Å². The Labute approximate surface area is 117 Å². The highest BCUT2D eigenvalue weighted by molar-refractivity contribution is 5.88. The van der Waals surface area contributed by atoms with Crippen LogP contribution in [0.15, 0.2) is 12.5 Å². The predicted molar refractivity (Wildman–Crippen MR) is 71.1 cm³/mol. The SMILES string of the molecule is CC(=O)NC1CCN(Cc2ncncc2C(=O)O)CC1. The van der Waals surface area contributed by atoms with Gasteiger partial charge in [-0.25, -0.2) is 14.8 Å². The van der Waals surface area contributed by atoms with Crippen molar-refractivity contribution in [2.75, 3.05) is 13.1 Å². The lowest BCUT2D eigenvalue weighted by molar-refractivity contribution is -0.120. The number of aromatic nitrogens is 2. The van der Waals surface area contributed by atoms with Gasteiger partial charge in [-0.3, -0.25) is 9.69 Å². The average Bonchev–Trinajstić information content (AvgIpc) is 2.41. The minimum atomic E-state index is -1.01. The second-order valence-electron chi connectivity index (χ2n) is 4.94. The van der Waals surface area contributed by atoms with Gasteiger partial charge >= 0.3 is 5.97 Å².